The number of hydrogen-bond acceptors (Lipinski definition) is 10. The maximum Gasteiger partial charge on any atom is 0.631 e. The Kier molecular flexibility index (Phi) is 81.1. The van der Waals surface area contributed by atoms with Gasteiger partial charge in [0.15, 0.2) is 0 Å². The highest BCUT2D eigenvalue weighted by Gasteiger charge is 1.92. The minimum absolute atomic E-state index is 0. The molecule has 0 saturated heterocycles. The first-order valence-corrected chi connectivity index (χ1v) is 2.87. The van der Waals surface area contributed by atoms with E-state index in [1.165, 1.54) is 0 Å². The Bertz CT molecular complexity index is 133. The van der Waals surface area contributed by atoms with Gasteiger partial charge in [0.05, 0.1) is 0 Å². The van der Waals surface area contributed by atoms with Crippen molar-refractivity contribution in [2.45, 2.75) is 0 Å². The predicted octanol–water partition coefficient (Wildman–Crippen LogP) is -1.89. The van der Waals surface area contributed by atoms with Crippen molar-refractivity contribution in [1.82, 2.24) is 30.8 Å². The van der Waals surface area contributed by atoms with E-state index in [0.717, 1.165) is 0 Å². The zero-order chi connectivity index (χ0) is 8.08. The van der Waals surface area contributed by atoms with E-state index in [0.29, 0.717) is 0 Å². The van der Waals surface area contributed by atoms with Crippen molar-refractivity contribution in [2.24, 2.45) is 0 Å². The summed E-state index contributed by atoms with van der Waals surface area (Å²) < 4.78 is 31.6. The average Bonchev–Trinajstić information content (AvgIpc) is 1.19. The molecule has 0 unspecified atom stereocenters. The first-order valence-electron chi connectivity index (χ1n) is 1.47. The van der Waals surface area contributed by atoms with Gasteiger partial charge < -0.3 is 45.8 Å². The molecule has 0 atom stereocenters. The van der Waals surface area contributed by atoms with E-state index in [1.807, 2.05) is 0 Å². The average molecular weight is 245 g/mol. The third-order valence-electron chi connectivity index (χ3n) is 0. The van der Waals surface area contributed by atoms with E-state index in [1.54, 1.807) is 0 Å². The maximum absolute atomic E-state index is 8.74. The van der Waals surface area contributed by atoms with E-state index in [-0.39, 0.29) is 30.8 Å². The van der Waals surface area contributed by atoms with Crippen LogP contribution in [-0.4, -0.2) is 39.9 Å². The lowest BCUT2D eigenvalue weighted by atomic mass is 10.3. The summed E-state index contributed by atoms with van der Waals surface area (Å²) in [6.07, 6.45) is 0. The minimum Gasteiger partial charge on any atom is -0.402 e. The Labute approximate surface area is 82.0 Å². The summed E-state index contributed by atoms with van der Waals surface area (Å²) in [4.78, 5) is 0. The van der Waals surface area contributed by atoms with Gasteiger partial charge in [-0.2, -0.15) is 8.42 Å². The molecule has 0 aliphatic carbocycles. The quantitative estimate of drug-likeness (QED) is 0.165. The van der Waals surface area contributed by atoms with Crippen molar-refractivity contribution in [3.8, 4) is 0 Å². The lowest BCUT2D eigenvalue weighted by molar-refractivity contribution is 0.278. The summed E-state index contributed by atoms with van der Waals surface area (Å²) >= 11 is 0. The van der Waals surface area contributed by atoms with Gasteiger partial charge >= 0.3 is 17.7 Å². The van der Waals surface area contributed by atoms with Crippen LogP contribution in [0.1, 0.15) is 0 Å². The van der Waals surface area contributed by atoms with E-state index in [9.17, 15) is 0 Å². The molecule has 14 heavy (non-hydrogen) atoms. The van der Waals surface area contributed by atoms with Crippen molar-refractivity contribution >= 4 is 17.7 Å². The van der Waals surface area contributed by atoms with Crippen LogP contribution < -0.4 is 30.8 Å². The molecule has 0 fully saturated rings. The van der Waals surface area contributed by atoms with Gasteiger partial charge in [0, 0.05) is 0 Å². The van der Waals surface area contributed by atoms with Crippen molar-refractivity contribution in [1.29, 1.82) is 0 Å². The van der Waals surface area contributed by atoms with Crippen LogP contribution in [0.5, 0.6) is 0 Å². The molecule has 0 bridgehead atoms. The second-order valence-electron chi connectivity index (χ2n) is 0.794. The normalized spacial score (nSPS) is 6.07. The lowest BCUT2D eigenvalue weighted by Crippen LogP contribution is -2.07. The first kappa shape index (κ1) is 49.5. The Balaban J connectivity index is -0.0000000104. The molecular weight excluding hydrogens is 225 g/mol. The van der Waals surface area contributed by atoms with Gasteiger partial charge in [-0.15, -0.1) is 0 Å². The lowest BCUT2D eigenvalue weighted by Gasteiger charge is -1.69. The van der Waals surface area contributed by atoms with Crippen molar-refractivity contribution in [3.05, 3.63) is 0 Å². The molecule has 0 rings (SSSR count). The zero-order valence-electron chi connectivity index (χ0n) is 7.57. The SMILES string of the molecule is N.N.N.N.N.O=S(=O)(O)O.OB(O)O. The summed E-state index contributed by atoms with van der Waals surface area (Å²) in [5, 5.41) is 21.5. The van der Waals surface area contributed by atoms with Gasteiger partial charge in [-0.25, -0.2) is 0 Å². The Morgan fingerprint density at radius 2 is 0.714 bits per heavy atom. The highest BCUT2D eigenvalue weighted by Crippen LogP contribution is 1.59. The fourth-order valence-electron chi connectivity index (χ4n) is 0. The highest BCUT2D eigenvalue weighted by molar-refractivity contribution is 7.79. The molecule has 0 aromatic rings. The second kappa shape index (κ2) is 22.9. The molecule has 96 valence electrons. The summed E-state index contributed by atoms with van der Waals surface area (Å²) in [6, 6.07) is 0. The molecular formula is H20BN5O7S. The first-order chi connectivity index (χ1) is 3.73. The maximum atomic E-state index is 8.74. The minimum atomic E-state index is -4.67. The van der Waals surface area contributed by atoms with Crippen LogP contribution in [0, 0.1) is 0 Å². The summed E-state index contributed by atoms with van der Waals surface area (Å²) in [5.74, 6) is 0. The predicted molar refractivity (Wildman–Crippen MR) is 51.7 cm³/mol. The molecule has 0 heterocycles. The standard InChI is InChI=1S/BH3O3.5H3N.H2O4S/c2-1(3)4;;;;;;1-5(2,3)4/h2-4H;5*1H3;(H2,1,2,3,4). The summed E-state index contributed by atoms with van der Waals surface area (Å²) in [5.41, 5.74) is 0. The van der Waals surface area contributed by atoms with E-state index in [2.05, 4.69) is 0 Å². The van der Waals surface area contributed by atoms with Crippen LogP contribution in [0.3, 0.4) is 0 Å². The number of hydrogen-bond donors (Lipinski definition) is 10. The van der Waals surface area contributed by atoms with Crippen LogP contribution in [0.4, 0.5) is 0 Å². The topological polar surface area (TPSA) is 310 Å². The van der Waals surface area contributed by atoms with E-state index in [4.69, 9.17) is 32.6 Å². The molecule has 0 amide bonds. The fraction of sp³-hybridized carbons (Fsp3) is 0. The molecule has 0 aromatic carbocycles. The molecule has 0 aliphatic rings. The van der Waals surface area contributed by atoms with Gasteiger partial charge in [-0.05, 0) is 0 Å². The van der Waals surface area contributed by atoms with Gasteiger partial charge in [0.2, 0.25) is 0 Å². The van der Waals surface area contributed by atoms with Crippen LogP contribution in [-0.2, 0) is 10.4 Å². The summed E-state index contributed by atoms with van der Waals surface area (Å²) in [7, 11) is -6.83. The third-order valence-corrected chi connectivity index (χ3v) is 0. The molecule has 12 nitrogen and oxygen atoms in total. The van der Waals surface area contributed by atoms with Crippen LogP contribution in [0.15, 0.2) is 0 Å². The van der Waals surface area contributed by atoms with E-state index >= 15 is 0 Å². The van der Waals surface area contributed by atoms with Crippen LogP contribution in [0.2, 0.25) is 0 Å². The Morgan fingerprint density at radius 1 is 0.714 bits per heavy atom. The fourth-order valence-corrected chi connectivity index (χ4v) is 0. The van der Waals surface area contributed by atoms with E-state index < -0.39 is 17.7 Å². The van der Waals surface area contributed by atoms with Crippen molar-refractivity contribution < 1.29 is 32.6 Å². The van der Waals surface area contributed by atoms with Gasteiger partial charge in [-0.3, -0.25) is 9.11 Å². The van der Waals surface area contributed by atoms with Gasteiger partial charge in [0.1, 0.15) is 0 Å². The van der Waals surface area contributed by atoms with Gasteiger partial charge in [0.25, 0.3) is 0 Å². The second-order valence-corrected chi connectivity index (χ2v) is 1.69. The molecule has 0 radical (unpaired) electrons. The molecule has 20 N–H and O–H groups in total. The third kappa shape index (κ3) is 8830. The monoisotopic (exact) mass is 245 g/mol. The van der Waals surface area contributed by atoms with Crippen molar-refractivity contribution in [3.63, 3.8) is 0 Å². The van der Waals surface area contributed by atoms with Gasteiger partial charge in [-0.1, -0.05) is 0 Å². The highest BCUT2D eigenvalue weighted by atomic mass is 32.3. The molecule has 0 spiro atoms. The summed E-state index contributed by atoms with van der Waals surface area (Å²) in [6.45, 7) is 0. The Hall–Kier alpha value is -0.385. The zero-order valence-corrected chi connectivity index (χ0v) is 8.39. The van der Waals surface area contributed by atoms with Crippen LogP contribution in [0.25, 0.3) is 0 Å². The van der Waals surface area contributed by atoms with Crippen LogP contribution >= 0.6 is 0 Å². The molecule has 14 heteroatoms. The number of rotatable bonds is 0. The molecule has 0 aromatic heterocycles. The smallest absolute Gasteiger partial charge is 0.402 e. The molecule has 0 saturated carbocycles. The van der Waals surface area contributed by atoms with Crippen molar-refractivity contribution in [2.75, 3.05) is 0 Å². The Morgan fingerprint density at radius 3 is 0.714 bits per heavy atom. The largest absolute Gasteiger partial charge is 0.631 e. The molecule has 0 aliphatic heterocycles.